The second-order valence-corrected chi connectivity index (χ2v) is 26.5. The van der Waals surface area contributed by atoms with Gasteiger partial charge in [-0.15, -0.1) is 0 Å². The first-order valence-electron chi connectivity index (χ1n) is 27.5. The zero-order valence-corrected chi connectivity index (χ0v) is 43.0. The van der Waals surface area contributed by atoms with Gasteiger partial charge in [-0.3, -0.25) is 4.79 Å². The van der Waals surface area contributed by atoms with Gasteiger partial charge in [-0.1, -0.05) is 154 Å². The van der Waals surface area contributed by atoms with Gasteiger partial charge < -0.3 is 0 Å². The summed E-state index contributed by atoms with van der Waals surface area (Å²) in [6, 6.07) is 8.51. The summed E-state index contributed by atoms with van der Waals surface area (Å²) in [5.41, 5.74) is 4.52. The molecule has 0 radical (unpaired) electrons. The van der Waals surface area contributed by atoms with Crippen LogP contribution >= 0.6 is 0 Å². The number of hydrogen-bond donors (Lipinski definition) is 0. The molecule has 0 spiro atoms. The largest absolute Gasteiger partial charge is 0.299 e. The van der Waals surface area contributed by atoms with Crippen LogP contribution in [0, 0.1) is 112 Å². The lowest BCUT2D eigenvalue weighted by Crippen LogP contribution is -2.65. The SMILES string of the molecule is CC1CCC(C(C)C)C(c2ccc3c(c2)C(C2CC(C)CCC2C(C)C)(C2CC(C)CCC2C(C)C)C(=O)CC3(C2CC(C)CCC2C(C)C)C2CC(C)CCC2C(C)C)C1. The number of carbonyl (C=O) groups excluding carboxylic acids is 1. The molecule has 0 aliphatic heterocycles. The lowest BCUT2D eigenvalue weighted by atomic mass is 9.38. The van der Waals surface area contributed by atoms with E-state index in [1.165, 1.54) is 96.3 Å². The molecule has 1 nitrogen and oxygen atoms in total. The Kier molecular flexibility index (Phi) is 14.9. The third kappa shape index (κ3) is 8.71. The van der Waals surface area contributed by atoms with Crippen molar-refractivity contribution in [1.29, 1.82) is 0 Å². The quantitative estimate of drug-likeness (QED) is 0.229. The van der Waals surface area contributed by atoms with E-state index in [1.54, 1.807) is 16.7 Å². The fraction of sp³-hybridized carbons (Fsp3) is 0.883. The Morgan fingerprint density at radius 2 is 0.770 bits per heavy atom. The molecule has 0 bridgehead atoms. The summed E-state index contributed by atoms with van der Waals surface area (Å²) in [5.74, 6) is 13.3. The van der Waals surface area contributed by atoms with E-state index in [-0.39, 0.29) is 5.41 Å². The summed E-state index contributed by atoms with van der Waals surface area (Å²) in [5, 5.41) is 0. The molecule has 5 fully saturated rings. The molecule has 0 N–H and O–H groups in total. The fourth-order valence-electron chi connectivity index (χ4n) is 17.8. The van der Waals surface area contributed by atoms with E-state index >= 15 is 4.79 Å². The van der Waals surface area contributed by atoms with Crippen LogP contribution in [-0.2, 0) is 15.6 Å². The molecule has 0 amide bonds. The Morgan fingerprint density at radius 1 is 0.426 bits per heavy atom. The molecule has 1 aromatic rings. The van der Waals surface area contributed by atoms with Crippen LogP contribution < -0.4 is 0 Å². The number of benzene rings is 1. The lowest BCUT2D eigenvalue weighted by Gasteiger charge is -2.65. The van der Waals surface area contributed by atoms with Gasteiger partial charge in [0.1, 0.15) is 5.78 Å². The van der Waals surface area contributed by atoms with Crippen LogP contribution in [0.4, 0.5) is 0 Å². The molecule has 61 heavy (non-hydrogen) atoms. The van der Waals surface area contributed by atoms with Crippen molar-refractivity contribution in [3.05, 3.63) is 34.9 Å². The molecular weight excluding hydrogens is 737 g/mol. The Labute approximate surface area is 379 Å². The van der Waals surface area contributed by atoms with Gasteiger partial charge in [0.25, 0.3) is 0 Å². The smallest absolute Gasteiger partial charge is 0.144 e. The standard InChI is InChI=1S/C60H100O/c1-35(2)46-22-16-40(11)28-51(46)45-21-27-52-57(33-45)60(55-31-43(14)19-25-49(55)38(7)8,56-32-44(15)20-26-50(56)39(9)10)58(61)34-59(52,53-29-41(12)17-23-47(53)36(3)4)54-30-42(13)18-24-48(54)37(5)6/h21,27,33,35-44,46-51,53-56H,16-20,22-26,28-32,34H2,1-15H3. The second kappa shape index (κ2) is 19.0. The predicted molar refractivity (Wildman–Crippen MR) is 263 cm³/mol. The van der Waals surface area contributed by atoms with Gasteiger partial charge in [-0.25, -0.2) is 0 Å². The summed E-state index contributed by atoms with van der Waals surface area (Å²) in [7, 11) is 0. The number of carbonyl (C=O) groups is 1. The van der Waals surface area contributed by atoms with E-state index in [4.69, 9.17) is 0 Å². The van der Waals surface area contributed by atoms with E-state index in [2.05, 4.69) is 122 Å². The van der Waals surface area contributed by atoms with E-state index in [9.17, 15) is 0 Å². The van der Waals surface area contributed by atoms with Crippen LogP contribution in [-0.4, -0.2) is 5.78 Å². The molecule has 0 saturated heterocycles. The van der Waals surface area contributed by atoms with Crippen LogP contribution in [0.15, 0.2) is 18.2 Å². The Balaban J connectivity index is 1.63. The average Bonchev–Trinajstić information content (AvgIpc) is 3.19. The third-order valence-corrected chi connectivity index (χ3v) is 20.9. The summed E-state index contributed by atoms with van der Waals surface area (Å²) in [4.78, 5) is 17.6. The van der Waals surface area contributed by atoms with E-state index in [0.29, 0.717) is 94.7 Å². The molecule has 0 aromatic heterocycles. The van der Waals surface area contributed by atoms with Crippen molar-refractivity contribution in [3.8, 4) is 0 Å². The number of rotatable bonds is 10. The van der Waals surface area contributed by atoms with Crippen LogP contribution in [0.1, 0.15) is 229 Å². The predicted octanol–water partition coefficient (Wildman–Crippen LogP) is 17.1. The molecule has 6 aliphatic carbocycles. The summed E-state index contributed by atoms with van der Waals surface area (Å²) < 4.78 is 0. The van der Waals surface area contributed by atoms with E-state index in [1.807, 2.05) is 0 Å². The third-order valence-electron chi connectivity index (χ3n) is 20.9. The topological polar surface area (TPSA) is 17.1 Å². The van der Waals surface area contributed by atoms with Crippen molar-refractivity contribution in [1.82, 2.24) is 0 Å². The molecule has 6 aliphatic rings. The highest BCUT2D eigenvalue weighted by molar-refractivity contribution is 5.95. The molecule has 1 heteroatoms. The maximum Gasteiger partial charge on any atom is 0.144 e. The Bertz CT molecular complexity index is 1540. The van der Waals surface area contributed by atoms with Gasteiger partial charge in [0, 0.05) is 11.8 Å². The highest BCUT2D eigenvalue weighted by atomic mass is 16.1. The number of ketones is 1. The Hall–Kier alpha value is -1.11. The maximum atomic E-state index is 17.6. The minimum absolute atomic E-state index is 0.0970. The number of fused-ring (bicyclic) bond motifs is 1. The van der Waals surface area contributed by atoms with E-state index < -0.39 is 5.41 Å². The zero-order valence-electron chi connectivity index (χ0n) is 43.0. The highest BCUT2D eigenvalue weighted by Crippen LogP contribution is 2.68. The summed E-state index contributed by atoms with van der Waals surface area (Å²) in [6.07, 6.45) is 20.6. The van der Waals surface area contributed by atoms with Crippen LogP contribution in [0.3, 0.4) is 0 Å². The Morgan fingerprint density at radius 3 is 1.16 bits per heavy atom. The van der Waals surface area contributed by atoms with Gasteiger partial charge in [0.2, 0.25) is 0 Å². The maximum absolute atomic E-state index is 17.6. The molecule has 0 heterocycles. The lowest BCUT2D eigenvalue weighted by molar-refractivity contribution is -0.145. The molecule has 5 saturated carbocycles. The molecule has 15 unspecified atom stereocenters. The minimum Gasteiger partial charge on any atom is -0.299 e. The van der Waals surface area contributed by atoms with Gasteiger partial charge in [0.15, 0.2) is 0 Å². The van der Waals surface area contributed by atoms with Crippen LogP contribution in [0.5, 0.6) is 0 Å². The van der Waals surface area contributed by atoms with Crippen molar-refractivity contribution in [2.75, 3.05) is 0 Å². The van der Waals surface area contributed by atoms with Crippen molar-refractivity contribution in [2.24, 2.45) is 112 Å². The van der Waals surface area contributed by atoms with Crippen LogP contribution in [0.2, 0.25) is 0 Å². The highest BCUT2D eigenvalue weighted by Gasteiger charge is 2.67. The second-order valence-electron chi connectivity index (χ2n) is 26.5. The monoisotopic (exact) mass is 837 g/mol. The first kappa shape index (κ1) is 47.8. The number of Topliss-reactive ketones (excluding diaryl/α,β-unsaturated/α-hetero) is 1. The van der Waals surface area contributed by atoms with Crippen molar-refractivity contribution in [3.63, 3.8) is 0 Å². The van der Waals surface area contributed by atoms with Gasteiger partial charge in [-0.2, -0.15) is 0 Å². The van der Waals surface area contributed by atoms with Gasteiger partial charge in [0.05, 0.1) is 5.41 Å². The first-order chi connectivity index (χ1) is 28.8. The van der Waals surface area contributed by atoms with Gasteiger partial charge >= 0.3 is 0 Å². The molecular formula is C60H100O. The molecule has 7 rings (SSSR count). The van der Waals surface area contributed by atoms with E-state index in [0.717, 1.165) is 35.9 Å². The van der Waals surface area contributed by atoms with Crippen molar-refractivity contribution < 1.29 is 4.79 Å². The normalized spacial score (nSPS) is 44.0. The summed E-state index contributed by atoms with van der Waals surface area (Å²) in [6.45, 7) is 38.3. The molecule has 15 atom stereocenters. The summed E-state index contributed by atoms with van der Waals surface area (Å²) >= 11 is 0. The molecule has 346 valence electrons. The molecule has 1 aromatic carbocycles. The van der Waals surface area contributed by atoms with Crippen molar-refractivity contribution >= 4 is 5.78 Å². The zero-order chi connectivity index (χ0) is 44.3. The average molecular weight is 837 g/mol. The first-order valence-corrected chi connectivity index (χ1v) is 27.5. The van der Waals surface area contributed by atoms with Crippen LogP contribution in [0.25, 0.3) is 0 Å². The number of hydrogen-bond acceptors (Lipinski definition) is 1. The minimum atomic E-state index is -0.406. The van der Waals surface area contributed by atoms with Gasteiger partial charge in [-0.05, 0) is 199 Å². The fourth-order valence-corrected chi connectivity index (χ4v) is 17.8. The van der Waals surface area contributed by atoms with Crippen molar-refractivity contribution in [2.45, 2.75) is 223 Å².